The van der Waals surface area contributed by atoms with Gasteiger partial charge in [0.15, 0.2) is 9.84 Å². The Morgan fingerprint density at radius 3 is 2.67 bits per heavy atom. The normalized spacial score (nSPS) is 17.7. The predicted octanol–water partition coefficient (Wildman–Crippen LogP) is 1.29. The van der Waals surface area contributed by atoms with Gasteiger partial charge in [-0.15, -0.1) is 0 Å². The van der Waals surface area contributed by atoms with Crippen LogP contribution < -0.4 is 4.74 Å². The van der Waals surface area contributed by atoms with Gasteiger partial charge in [-0.3, -0.25) is 0 Å². The van der Waals surface area contributed by atoms with Gasteiger partial charge in [0.25, 0.3) is 0 Å². The van der Waals surface area contributed by atoms with Crippen LogP contribution in [0.25, 0.3) is 5.65 Å². The summed E-state index contributed by atoms with van der Waals surface area (Å²) in [6, 6.07) is 1.61. The molecule has 0 aliphatic carbocycles. The number of fused-ring (bicyclic) bond motifs is 1. The van der Waals surface area contributed by atoms with E-state index in [4.69, 9.17) is 9.47 Å². The van der Waals surface area contributed by atoms with E-state index < -0.39 is 20.0 Å². The van der Waals surface area contributed by atoms with Crippen molar-refractivity contribution in [3.05, 3.63) is 24.7 Å². The number of aromatic nitrogens is 2. The lowest BCUT2D eigenvalue weighted by Crippen LogP contribution is -2.50. The molecule has 2 aromatic heterocycles. The molecule has 132 valence electrons. The average molecular weight is 354 g/mol. The van der Waals surface area contributed by atoms with E-state index in [2.05, 4.69) is 4.98 Å². The van der Waals surface area contributed by atoms with Crippen molar-refractivity contribution in [2.45, 2.75) is 30.4 Å². The van der Waals surface area contributed by atoms with Crippen molar-refractivity contribution in [3.63, 3.8) is 0 Å². The number of hydrogen-bond acceptors (Lipinski definition) is 6. The molecule has 2 aromatic rings. The summed E-state index contributed by atoms with van der Waals surface area (Å²) in [6.45, 7) is 5.87. The number of nitrogens with zero attached hydrogens (tertiary/aromatic N) is 2. The number of hydrogen-bond donors (Lipinski definition) is 1. The van der Waals surface area contributed by atoms with E-state index in [1.165, 1.54) is 6.20 Å². The van der Waals surface area contributed by atoms with Crippen LogP contribution in [0.15, 0.2) is 29.6 Å². The smallest absolute Gasteiger partial charge is 0.188 e. The maximum Gasteiger partial charge on any atom is 0.188 e. The molecule has 0 radical (unpaired) electrons. The minimum absolute atomic E-state index is 0.0695. The molecule has 1 saturated heterocycles. The lowest BCUT2D eigenvalue weighted by Gasteiger charge is -2.39. The van der Waals surface area contributed by atoms with E-state index in [-0.39, 0.29) is 23.9 Å². The molecular weight excluding hydrogens is 332 g/mol. The van der Waals surface area contributed by atoms with E-state index >= 15 is 0 Å². The Bertz CT molecular complexity index is 841. The Balaban J connectivity index is 2.03. The molecular formula is C16H22N2O5S. The lowest BCUT2D eigenvalue weighted by molar-refractivity contribution is -0.153. The number of aliphatic hydroxyl groups excluding tert-OH is 1. The van der Waals surface area contributed by atoms with E-state index in [1.807, 2.05) is 0 Å². The standard InChI is InChI=1S/C16H22N2O5S/c1-15(2,3)24(20,21)13-7-18-5-4-17-14(18)6-12(13)23-11-16(8-19)9-22-10-16/h4-7,19H,8-11H2,1-3H3. The number of imidazole rings is 1. The van der Waals surface area contributed by atoms with Crippen LogP contribution in [0.3, 0.4) is 0 Å². The summed E-state index contributed by atoms with van der Waals surface area (Å²) >= 11 is 0. The second-order valence-corrected chi connectivity index (χ2v) is 9.92. The number of rotatable bonds is 5. The molecule has 7 nitrogen and oxygen atoms in total. The minimum Gasteiger partial charge on any atom is -0.491 e. The van der Waals surface area contributed by atoms with Gasteiger partial charge in [-0.2, -0.15) is 0 Å². The highest BCUT2D eigenvalue weighted by molar-refractivity contribution is 7.92. The maximum atomic E-state index is 12.9. The van der Waals surface area contributed by atoms with Crippen molar-refractivity contribution in [3.8, 4) is 5.75 Å². The quantitative estimate of drug-likeness (QED) is 0.870. The van der Waals surface area contributed by atoms with Gasteiger partial charge < -0.3 is 19.0 Å². The molecule has 8 heteroatoms. The van der Waals surface area contributed by atoms with Gasteiger partial charge in [0.2, 0.25) is 0 Å². The first-order valence-corrected chi connectivity index (χ1v) is 9.20. The van der Waals surface area contributed by atoms with Crippen molar-refractivity contribution < 1.29 is 23.0 Å². The third-order valence-corrected chi connectivity index (χ3v) is 6.74. The van der Waals surface area contributed by atoms with Crippen molar-refractivity contribution in [2.75, 3.05) is 26.4 Å². The average Bonchev–Trinajstić information content (AvgIpc) is 2.91. The third kappa shape index (κ3) is 2.78. The molecule has 0 atom stereocenters. The van der Waals surface area contributed by atoms with E-state index in [0.717, 1.165) is 0 Å². The first-order chi connectivity index (χ1) is 11.2. The molecule has 3 rings (SSSR count). The topological polar surface area (TPSA) is 90.1 Å². The zero-order chi connectivity index (χ0) is 17.6. The van der Waals surface area contributed by atoms with Crippen LogP contribution in [0.4, 0.5) is 0 Å². The van der Waals surface area contributed by atoms with Crippen LogP contribution in [0.1, 0.15) is 20.8 Å². The van der Waals surface area contributed by atoms with Crippen molar-refractivity contribution in [1.29, 1.82) is 0 Å². The van der Waals surface area contributed by atoms with E-state index in [1.54, 1.807) is 43.6 Å². The summed E-state index contributed by atoms with van der Waals surface area (Å²) in [4.78, 5) is 4.30. The van der Waals surface area contributed by atoms with E-state index in [9.17, 15) is 13.5 Å². The Morgan fingerprint density at radius 1 is 1.42 bits per heavy atom. The van der Waals surface area contributed by atoms with Crippen LogP contribution in [0, 0.1) is 5.41 Å². The first kappa shape index (κ1) is 17.2. The third-order valence-electron chi connectivity index (χ3n) is 4.24. The van der Waals surface area contributed by atoms with Gasteiger partial charge in [-0.1, -0.05) is 0 Å². The molecule has 0 aromatic carbocycles. The highest BCUT2D eigenvalue weighted by Gasteiger charge is 2.40. The Hall–Kier alpha value is -1.64. The second-order valence-electron chi connectivity index (χ2n) is 7.25. The first-order valence-electron chi connectivity index (χ1n) is 7.71. The van der Waals surface area contributed by atoms with Crippen molar-refractivity contribution in [2.24, 2.45) is 5.41 Å². The predicted molar refractivity (Wildman–Crippen MR) is 88.0 cm³/mol. The molecule has 1 N–H and O–H groups in total. The van der Waals surface area contributed by atoms with Crippen LogP contribution in [-0.2, 0) is 14.6 Å². The zero-order valence-electron chi connectivity index (χ0n) is 14.0. The largest absolute Gasteiger partial charge is 0.491 e. The SMILES string of the molecule is CC(C)(C)S(=O)(=O)c1cn2ccnc2cc1OCC1(CO)COC1. The monoisotopic (exact) mass is 354 g/mol. The van der Waals surface area contributed by atoms with Crippen LogP contribution in [-0.4, -0.2) is 54.1 Å². The molecule has 1 aliphatic rings. The van der Waals surface area contributed by atoms with Gasteiger partial charge in [0, 0.05) is 24.7 Å². The zero-order valence-corrected chi connectivity index (χ0v) is 14.8. The summed E-state index contributed by atoms with van der Waals surface area (Å²) in [7, 11) is -3.61. The van der Waals surface area contributed by atoms with E-state index in [0.29, 0.717) is 18.9 Å². The number of ether oxygens (including phenoxy) is 2. The number of aliphatic hydroxyl groups is 1. The Kier molecular flexibility index (Phi) is 4.09. The van der Waals surface area contributed by atoms with Crippen molar-refractivity contribution in [1.82, 2.24) is 9.38 Å². The van der Waals surface area contributed by atoms with Gasteiger partial charge in [0.05, 0.1) is 30.0 Å². The fraction of sp³-hybridized carbons (Fsp3) is 0.562. The molecule has 0 spiro atoms. The highest BCUT2D eigenvalue weighted by Crippen LogP contribution is 2.35. The summed E-state index contributed by atoms with van der Waals surface area (Å²) in [5.74, 6) is 0.253. The molecule has 0 saturated carbocycles. The van der Waals surface area contributed by atoms with Crippen LogP contribution in [0.5, 0.6) is 5.75 Å². The summed E-state index contributed by atoms with van der Waals surface area (Å²) in [5, 5.41) is 9.52. The van der Waals surface area contributed by atoms with Crippen molar-refractivity contribution >= 4 is 15.5 Å². The Morgan fingerprint density at radius 2 is 2.12 bits per heavy atom. The molecule has 3 heterocycles. The summed E-state index contributed by atoms with van der Waals surface area (Å²) < 4.78 is 37.5. The Labute approximate surface area is 141 Å². The highest BCUT2D eigenvalue weighted by atomic mass is 32.2. The van der Waals surface area contributed by atoms with Gasteiger partial charge in [-0.25, -0.2) is 13.4 Å². The molecule has 1 fully saturated rings. The fourth-order valence-electron chi connectivity index (χ4n) is 2.41. The van der Waals surface area contributed by atoms with Crippen LogP contribution in [0.2, 0.25) is 0 Å². The number of sulfone groups is 1. The summed E-state index contributed by atoms with van der Waals surface area (Å²) in [6.07, 6.45) is 4.82. The lowest BCUT2D eigenvalue weighted by atomic mass is 9.88. The molecule has 0 amide bonds. The maximum absolute atomic E-state index is 12.9. The molecule has 0 bridgehead atoms. The van der Waals surface area contributed by atoms with Gasteiger partial charge >= 0.3 is 0 Å². The molecule has 24 heavy (non-hydrogen) atoms. The second kappa shape index (κ2) is 5.72. The molecule has 1 aliphatic heterocycles. The number of pyridine rings is 1. The van der Waals surface area contributed by atoms with Gasteiger partial charge in [0.1, 0.15) is 22.9 Å². The van der Waals surface area contributed by atoms with Crippen LogP contribution >= 0.6 is 0 Å². The molecule has 0 unspecified atom stereocenters. The van der Waals surface area contributed by atoms with Gasteiger partial charge in [-0.05, 0) is 20.8 Å². The minimum atomic E-state index is -3.61. The fourth-order valence-corrected chi connectivity index (χ4v) is 3.70. The summed E-state index contributed by atoms with van der Waals surface area (Å²) in [5.41, 5.74) is 0.130.